The average Bonchev–Trinajstić information content (AvgIpc) is 2.71. The van der Waals surface area contributed by atoms with Crippen LogP contribution < -0.4 is 11.2 Å². The third kappa shape index (κ3) is 2.75. The van der Waals surface area contributed by atoms with E-state index >= 15 is 0 Å². The van der Waals surface area contributed by atoms with Gasteiger partial charge < -0.3 is 0 Å². The number of hydrogen-bond acceptors (Lipinski definition) is 4. The number of aryl methyl sites for hydroxylation is 1. The molecule has 0 saturated carbocycles. The van der Waals surface area contributed by atoms with Crippen molar-refractivity contribution in [3.05, 3.63) is 31.8 Å². The number of halogens is 3. The summed E-state index contributed by atoms with van der Waals surface area (Å²) in [5, 5.41) is 0.0360. The SMILES string of the molecule is O=Cc1cc2c(=O)[nH]c(=O)n(CCC(F)(F)F)c2s1. The lowest BCUT2D eigenvalue weighted by Crippen LogP contribution is -2.30. The van der Waals surface area contributed by atoms with Crippen molar-refractivity contribution in [3.63, 3.8) is 0 Å². The first-order valence-electron chi connectivity index (χ1n) is 5.10. The molecule has 0 radical (unpaired) electrons. The fourth-order valence-corrected chi connectivity index (χ4v) is 2.58. The third-order valence-corrected chi connectivity index (χ3v) is 3.51. The minimum Gasteiger partial charge on any atom is -0.297 e. The predicted octanol–water partition coefficient (Wildman–Crippen LogP) is 1.52. The van der Waals surface area contributed by atoms with Gasteiger partial charge in [0.25, 0.3) is 5.56 Å². The van der Waals surface area contributed by atoms with Crippen LogP contribution in [0, 0.1) is 0 Å². The van der Waals surface area contributed by atoms with E-state index in [9.17, 15) is 27.6 Å². The molecule has 102 valence electrons. The lowest BCUT2D eigenvalue weighted by molar-refractivity contribution is -0.136. The first-order valence-corrected chi connectivity index (χ1v) is 5.92. The summed E-state index contributed by atoms with van der Waals surface area (Å²) in [6.45, 7) is -0.603. The van der Waals surface area contributed by atoms with Crippen molar-refractivity contribution in [2.45, 2.75) is 19.1 Å². The summed E-state index contributed by atoms with van der Waals surface area (Å²) < 4.78 is 37.4. The standard InChI is InChI=1S/C10H7F3N2O3S/c11-10(12,13)1-2-15-8-6(3-5(4-16)19-8)7(17)14-9(15)18/h3-4H,1-2H2,(H,14,17,18). The quantitative estimate of drug-likeness (QED) is 0.872. The molecule has 0 aromatic carbocycles. The highest BCUT2D eigenvalue weighted by atomic mass is 32.1. The van der Waals surface area contributed by atoms with Crippen LogP contribution >= 0.6 is 11.3 Å². The molecule has 0 aliphatic rings. The van der Waals surface area contributed by atoms with E-state index in [0.717, 1.165) is 15.9 Å². The number of aromatic nitrogens is 2. The molecule has 0 fully saturated rings. The van der Waals surface area contributed by atoms with E-state index in [1.54, 1.807) is 0 Å². The zero-order valence-corrected chi connectivity index (χ0v) is 10.1. The molecule has 0 spiro atoms. The predicted molar refractivity (Wildman–Crippen MR) is 62.8 cm³/mol. The Balaban J connectivity index is 2.59. The van der Waals surface area contributed by atoms with Crippen LogP contribution in [0.2, 0.25) is 0 Å². The smallest absolute Gasteiger partial charge is 0.297 e. The van der Waals surface area contributed by atoms with Gasteiger partial charge in [-0.1, -0.05) is 0 Å². The zero-order valence-electron chi connectivity index (χ0n) is 9.28. The summed E-state index contributed by atoms with van der Waals surface area (Å²) in [6.07, 6.45) is -5.13. The molecule has 9 heteroatoms. The summed E-state index contributed by atoms with van der Waals surface area (Å²) in [7, 11) is 0. The molecule has 0 amide bonds. The van der Waals surface area contributed by atoms with Crippen molar-refractivity contribution in [3.8, 4) is 0 Å². The highest BCUT2D eigenvalue weighted by molar-refractivity contribution is 7.20. The van der Waals surface area contributed by atoms with Crippen molar-refractivity contribution in [2.24, 2.45) is 0 Å². The van der Waals surface area contributed by atoms with E-state index in [1.165, 1.54) is 6.07 Å². The van der Waals surface area contributed by atoms with Crippen LogP contribution in [-0.4, -0.2) is 22.0 Å². The van der Waals surface area contributed by atoms with Crippen LogP contribution in [0.5, 0.6) is 0 Å². The lowest BCUT2D eigenvalue weighted by atomic mass is 10.3. The molecule has 2 rings (SSSR count). The molecule has 1 N–H and O–H groups in total. The Morgan fingerprint density at radius 1 is 1.37 bits per heavy atom. The lowest BCUT2D eigenvalue weighted by Gasteiger charge is -2.08. The van der Waals surface area contributed by atoms with E-state index in [-0.39, 0.29) is 15.1 Å². The molecule has 2 aromatic heterocycles. The number of carbonyl (C=O) groups is 1. The molecular formula is C10H7F3N2O3S. The molecule has 2 aromatic rings. The van der Waals surface area contributed by atoms with Crippen molar-refractivity contribution < 1.29 is 18.0 Å². The second kappa shape index (κ2) is 4.65. The van der Waals surface area contributed by atoms with E-state index in [4.69, 9.17) is 0 Å². The molecule has 0 aliphatic heterocycles. The number of nitrogens with zero attached hydrogens (tertiary/aromatic N) is 1. The van der Waals surface area contributed by atoms with Gasteiger partial charge in [-0.2, -0.15) is 13.2 Å². The van der Waals surface area contributed by atoms with Gasteiger partial charge >= 0.3 is 11.9 Å². The van der Waals surface area contributed by atoms with Gasteiger partial charge in [-0.3, -0.25) is 19.1 Å². The Morgan fingerprint density at radius 2 is 2.05 bits per heavy atom. The Hall–Kier alpha value is -1.90. The van der Waals surface area contributed by atoms with Crippen LogP contribution in [-0.2, 0) is 6.54 Å². The molecule has 0 saturated heterocycles. The second-order valence-corrected chi connectivity index (χ2v) is 4.82. The van der Waals surface area contributed by atoms with Crippen LogP contribution in [0.4, 0.5) is 13.2 Å². The van der Waals surface area contributed by atoms with Gasteiger partial charge in [0, 0.05) is 6.54 Å². The largest absolute Gasteiger partial charge is 0.390 e. The monoisotopic (exact) mass is 292 g/mol. The highest BCUT2D eigenvalue weighted by Gasteiger charge is 2.27. The van der Waals surface area contributed by atoms with Crippen molar-refractivity contribution in [1.82, 2.24) is 9.55 Å². The maximum atomic E-state index is 12.2. The Labute approximate surface area is 107 Å². The number of nitrogens with one attached hydrogen (secondary N) is 1. The number of alkyl halides is 3. The Morgan fingerprint density at radius 3 is 2.63 bits per heavy atom. The molecule has 0 aliphatic carbocycles. The van der Waals surface area contributed by atoms with Crippen molar-refractivity contribution in [1.29, 1.82) is 0 Å². The molecule has 0 atom stereocenters. The minimum absolute atomic E-state index is 0.0360. The fourth-order valence-electron chi connectivity index (χ4n) is 1.59. The molecule has 19 heavy (non-hydrogen) atoms. The van der Waals surface area contributed by atoms with Gasteiger partial charge in [0.1, 0.15) is 4.83 Å². The van der Waals surface area contributed by atoms with Crippen LogP contribution in [0.3, 0.4) is 0 Å². The molecule has 0 unspecified atom stereocenters. The minimum atomic E-state index is -4.41. The van der Waals surface area contributed by atoms with Crippen molar-refractivity contribution in [2.75, 3.05) is 0 Å². The second-order valence-electron chi connectivity index (χ2n) is 3.76. The van der Waals surface area contributed by atoms with Crippen LogP contribution in [0.25, 0.3) is 10.2 Å². The summed E-state index contributed by atoms with van der Waals surface area (Å²) in [5.41, 5.74) is -1.63. The Bertz CT molecular complexity index is 741. The molecular weight excluding hydrogens is 285 g/mol. The number of fused-ring (bicyclic) bond motifs is 1. The number of aldehydes is 1. The zero-order chi connectivity index (χ0) is 14.2. The maximum absolute atomic E-state index is 12.2. The first kappa shape index (κ1) is 13.5. The third-order valence-electron chi connectivity index (χ3n) is 2.42. The van der Waals surface area contributed by atoms with E-state index in [1.807, 2.05) is 4.98 Å². The van der Waals surface area contributed by atoms with Gasteiger partial charge in [0.05, 0.1) is 16.7 Å². The first-order chi connectivity index (χ1) is 8.81. The maximum Gasteiger partial charge on any atom is 0.390 e. The molecule has 2 heterocycles. The van der Waals surface area contributed by atoms with Gasteiger partial charge in [-0.15, -0.1) is 11.3 Å². The van der Waals surface area contributed by atoms with Gasteiger partial charge in [0.15, 0.2) is 6.29 Å². The fraction of sp³-hybridized carbons (Fsp3) is 0.300. The highest BCUT2D eigenvalue weighted by Crippen LogP contribution is 2.23. The number of aromatic amines is 1. The van der Waals surface area contributed by atoms with Gasteiger partial charge in [0.2, 0.25) is 0 Å². The molecule has 0 bridgehead atoms. The Kier molecular flexibility index (Phi) is 3.31. The van der Waals surface area contributed by atoms with Crippen LogP contribution in [0.15, 0.2) is 15.7 Å². The molecule has 5 nitrogen and oxygen atoms in total. The number of H-pyrrole nitrogens is 1. The van der Waals surface area contributed by atoms with E-state index in [2.05, 4.69) is 0 Å². The number of rotatable bonds is 3. The van der Waals surface area contributed by atoms with Crippen LogP contribution in [0.1, 0.15) is 16.1 Å². The average molecular weight is 292 g/mol. The van der Waals surface area contributed by atoms with Crippen molar-refractivity contribution >= 4 is 27.8 Å². The van der Waals surface area contributed by atoms with Gasteiger partial charge in [-0.25, -0.2) is 4.79 Å². The number of carbonyl (C=O) groups excluding carboxylic acids is 1. The summed E-state index contributed by atoms with van der Waals surface area (Å²) in [6, 6.07) is 1.25. The summed E-state index contributed by atoms with van der Waals surface area (Å²) >= 11 is 0.810. The summed E-state index contributed by atoms with van der Waals surface area (Å²) in [4.78, 5) is 35.8. The summed E-state index contributed by atoms with van der Waals surface area (Å²) in [5.74, 6) is 0. The van der Waals surface area contributed by atoms with E-state index in [0.29, 0.717) is 6.29 Å². The number of hydrogen-bond donors (Lipinski definition) is 1. The topological polar surface area (TPSA) is 71.9 Å². The number of thiophene rings is 1. The van der Waals surface area contributed by atoms with E-state index < -0.39 is 30.4 Å². The normalized spacial score (nSPS) is 11.9. The van der Waals surface area contributed by atoms with Gasteiger partial charge in [-0.05, 0) is 6.07 Å².